The van der Waals surface area contributed by atoms with Crippen LogP contribution in [0.2, 0.25) is 0 Å². The van der Waals surface area contributed by atoms with Crippen LogP contribution in [-0.2, 0) is 4.79 Å². The van der Waals surface area contributed by atoms with Crippen molar-refractivity contribution in [3.63, 3.8) is 0 Å². The van der Waals surface area contributed by atoms with Crippen LogP contribution in [0.25, 0.3) is 0 Å². The average molecular weight is 262 g/mol. The summed E-state index contributed by atoms with van der Waals surface area (Å²) >= 11 is 0. The molecule has 0 aliphatic rings. The minimum absolute atomic E-state index is 0.292. The summed E-state index contributed by atoms with van der Waals surface area (Å²) < 4.78 is 0. The lowest BCUT2D eigenvalue weighted by Gasteiger charge is -2.24. The highest BCUT2D eigenvalue weighted by Gasteiger charge is 2.21. The number of carbonyl (C=O) groups excluding carboxylic acids is 1. The quantitative estimate of drug-likeness (QED) is 0.804. The molecule has 1 rings (SSSR count). The number of benzene rings is 1. The first-order valence-electron chi connectivity index (χ1n) is 7.10. The summed E-state index contributed by atoms with van der Waals surface area (Å²) in [5.41, 5.74) is 4.27. The fraction of sp³-hybridized carbons (Fsp3) is 0.588. The number of rotatable bonds is 5. The van der Waals surface area contributed by atoms with Gasteiger partial charge in [-0.25, -0.2) is 0 Å². The van der Waals surface area contributed by atoms with Crippen LogP contribution < -0.4 is 0 Å². The number of aliphatic hydroxyl groups excluding tert-OH is 1. The molecule has 1 aromatic carbocycles. The molecule has 2 nitrogen and oxygen atoms in total. The third kappa shape index (κ3) is 3.44. The first-order valence-corrected chi connectivity index (χ1v) is 7.10. The molecule has 0 saturated carbocycles. The maximum Gasteiger partial charge on any atom is 0.153 e. The normalized spacial score (nSPS) is 13.4. The monoisotopic (exact) mass is 262 g/mol. The van der Waals surface area contributed by atoms with E-state index in [1.165, 1.54) is 5.56 Å². The standard InChI is InChI=1S/C17H26O2/c1-10(2)13-7-14(11(3)4)17(16(19)9-18)15(8-13)12(5)6/h7-12,16,19H,1-6H3. The summed E-state index contributed by atoms with van der Waals surface area (Å²) in [4.78, 5) is 11.0. The maximum atomic E-state index is 11.0. The van der Waals surface area contributed by atoms with E-state index < -0.39 is 6.10 Å². The molecule has 0 bridgehead atoms. The van der Waals surface area contributed by atoms with E-state index in [1.807, 2.05) is 0 Å². The van der Waals surface area contributed by atoms with Crippen molar-refractivity contribution in [2.75, 3.05) is 0 Å². The highest BCUT2D eigenvalue weighted by molar-refractivity contribution is 5.63. The maximum absolute atomic E-state index is 11.0. The fourth-order valence-electron chi connectivity index (χ4n) is 2.42. The Morgan fingerprint density at radius 3 is 1.58 bits per heavy atom. The van der Waals surface area contributed by atoms with E-state index in [0.717, 1.165) is 16.7 Å². The summed E-state index contributed by atoms with van der Waals surface area (Å²) in [5, 5.41) is 10.1. The summed E-state index contributed by atoms with van der Waals surface area (Å²) in [6, 6.07) is 4.28. The van der Waals surface area contributed by atoms with E-state index in [1.54, 1.807) is 0 Å². The molecule has 0 fully saturated rings. The molecule has 0 spiro atoms. The summed E-state index contributed by atoms with van der Waals surface area (Å²) in [6.07, 6.45) is -0.390. The van der Waals surface area contributed by atoms with E-state index in [0.29, 0.717) is 24.0 Å². The second kappa shape index (κ2) is 6.33. The Hall–Kier alpha value is -1.15. The molecule has 0 aliphatic heterocycles. The lowest BCUT2D eigenvalue weighted by molar-refractivity contribution is -0.115. The molecule has 106 valence electrons. The Balaban J connectivity index is 3.60. The highest BCUT2D eigenvalue weighted by atomic mass is 16.3. The van der Waals surface area contributed by atoms with Crippen LogP contribution in [0.3, 0.4) is 0 Å². The Morgan fingerprint density at radius 2 is 1.32 bits per heavy atom. The minimum atomic E-state index is -1.02. The van der Waals surface area contributed by atoms with Gasteiger partial charge in [-0.2, -0.15) is 0 Å². The van der Waals surface area contributed by atoms with Crippen molar-refractivity contribution in [1.82, 2.24) is 0 Å². The molecule has 0 radical (unpaired) electrons. The van der Waals surface area contributed by atoms with Crippen LogP contribution in [0.1, 0.15) is 87.7 Å². The molecule has 19 heavy (non-hydrogen) atoms. The van der Waals surface area contributed by atoms with Crippen molar-refractivity contribution in [3.8, 4) is 0 Å². The molecular weight excluding hydrogens is 236 g/mol. The van der Waals surface area contributed by atoms with Crippen LogP contribution in [0.5, 0.6) is 0 Å². The van der Waals surface area contributed by atoms with Gasteiger partial charge in [0.2, 0.25) is 0 Å². The zero-order valence-electron chi connectivity index (χ0n) is 12.9. The number of aliphatic hydroxyl groups is 1. The fourth-order valence-corrected chi connectivity index (χ4v) is 2.42. The van der Waals surface area contributed by atoms with E-state index >= 15 is 0 Å². The zero-order chi connectivity index (χ0) is 14.7. The van der Waals surface area contributed by atoms with Gasteiger partial charge in [-0.1, -0.05) is 53.7 Å². The van der Waals surface area contributed by atoms with Crippen molar-refractivity contribution < 1.29 is 9.90 Å². The van der Waals surface area contributed by atoms with Crippen molar-refractivity contribution >= 4 is 6.29 Å². The van der Waals surface area contributed by atoms with Crippen molar-refractivity contribution in [3.05, 3.63) is 34.4 Å². The van der Waals surface area contributed by atoms with Gasteiger partial charge < -0.3 is 9.90 Å². The van der Waals surface area contributed by atoms with Gasteiger partial charge in [0.25, 0.3) is 0 Å². The minimum Gasteiger partial charge on any atom is -0.381 e. The van der Waals surface area contributed by atoms with Crippen molar-refractivity contribution in [2.24, 2.45) is 0 Å². The van der Waals surface area contributed by atoms with E-state index in [2.05, 4.69) is 53.7 Å². The van der Waals surface area contributed by atoms with Gasteiger partial charge in [-0.3, -0.25) is 0 Å². The summed E-state index contributed by atoms with van der Waals surface area (Å²) in [7, 11) is 0. The van der Waals surface area contributed by atoms with E-state index in [4.69, 9.17) is 0 Å². The van der Waals surface area contributed by atoms with Crippen molar-refractivity contribution in [1.29, 1.82) is 0 Å². The third-order valence-electron chi connectivity index (χ3n) is 3.60. The second-order valence-electron chi connectivity index (χ2n) is 6.16. The van der Waals surface area contributed by atoms with E-state index in [9.17, 15) is 9.90 Å². The molecule has 0 aliphatic carbocycles. The van der Waals surface area contributed by atoms with Crippen LogP contribution in [0, 0.1) is 0 Å². The Morgan fingerprint density at radius 1 is 0.895 bits per heavy atom. The first kappa shape index (κ1) is 15.9. The molecular formula is C17H26O2. The average Bonchev–Trinajstić information content (AvgIpc) is 2.35. The lowest BCUT2D eigenvalue weighted by atomic mass is 9.82. The van der Waals surface area contributed by atoms with Gasteiger partial charge in [0, 0.05) is 0 Å². The first-order chi connectivity index (χ1) is 8.79. The molecule has 1 aromatic rings. The molecule has 1 atom stereocenters. The third-order valence-corrected chi connectivity index (χ3v) is 3.60. The topological polar surface area (TPSA) is 37.3 Å². The predicted octanol–water partition coefficient (Wildman–Crippen LogP) is 4.29. The Kier molecular flexibility index (Phi) is 5.30. The molecule has 1 N–H and O–H groups in total. The molecule has 1 unspecified atom stereocenters. The second-order valence-corrected chi connectivity index (χ2v) is 6.16. The SMILES string of the molecule is CC(C)c1cc(C(C)C)c(C(O)C=O)c(C(C)C)c1. The lowest BCUT2D eigenvalue weighted by Crippen LogP contribution is -2.11. The van der Waals surface area contributed by atoms with Gasteiger partial charge in [0.05, 0.1) is 0 Å². The van der Waals surface area contributed by atoms with Crippen LogP contribution in [-0.4, -0.2) is 11.4 Å². The molecule has 0 amide bonds. The molecule has 0 aromatic heterocycles. The summed E-state index contributed by atoms with van der Waals surface area (Å²) in [5.74, 6) is 1.03. The predicted molar refractivity (Wildman–Crippen MR) is 79.7 cm³/mol. The van der Waals surface area contributed by atoms with Crippen LogP contribution in [0.15, 0.2) is 12.1 Å². The smallest absolute Gasteiger partial charge is 0.153 e. The number of hydrogen-bond donors (Lipinski definition) is 1. The zero-order valence-corrected chi connectivity index (χ0v) is 12.9. The highest BCUT2D eigenvalue weighted by Crippen LogP contribution is 2.35. The van der Waals surface area contributed by atoms with Crippen LogP contribution >= 0.6 is 0 Å². The van der Waals surface area contributed by atoms with Gasteiger partial charge in [-0.15, -0.1) is 0 Å². The molecule has 2 heteroatoms. The van der Waals surface area contributed by atoms with Gasteiger partial charge >= 0.3 is 0 Å². The largest absolute Gasteiger partial charge is 0.381 e. The summed E-state index contributed by atoms with van der Waals surface area (Å²) in [6.45, 7) is 12.7. The van der Waals surface area contributed by atoms with Crippen LogP contribution in [0.4, 0.5) is 0 Å². The van der Waals surface area contributed by atoms with Crippen molar-refractivity contribution in [2.45, 2.75) is 65.4 Å². The number of hydrogen-bond acceptors (Lipinski definition) is 2. The van der Waals surface area contributed by atoms with Gasteiger partial charge in [-0.05, 0) is 40.0 Å². The van der Waals surface area contributed by atoms with Gasteiger partial charge in [0.15, 0.2) is 6.29 Å². The number of carbonyl (C=O) groups is 1. The Labute approximate surface area is 116 Å². The number of aldehydes is 1. The van der Waals surface area contributed by atoms with Gasteiger partial charge in [0.1, 0.15) is 6.10 Å². The molecule has 0 saturated heterocycles. The molecule has 0 heterocycles. The van der Waals surface area contributed by atoms with E-state index in [-0.39, 0.29) is 0 Å². The Bertz CT molecular complexity index is 416.